The van der Waals surface area contributed by atoms with Crippen molar-refractivity contribution in [2.45, 2.75) is 31.8 Å². The van der Waals surface area contributed by atoms with Crippen LogP contribution in [-0.4, -0.2) is 41.6 Å². The number of rotatable bonds is 4. The summed E-state index contributed by atoms with van der Waals surface area (Å²) < 4.78 is 0. The molecular formula is C11H20ClNO. The molecule has 1 aliphatic heterocycles. The van der Waals surface area contributed by atoms with Gasteiger partial charge in [-0.25, -0.2) is 0 Å². The zero-order valence-corrected chi connectivity index (χ0v) is 9.42. The molecule has 3 unspecified atom stereocenters. The molecular weight excluding hydrogens is 198 g/mol. The minimum absolute atomic E-state index is 0.0157. The summed E-state index contributed by atoms with van der Waals surface area (Å²) in [5.74, 6) is 2.13. The quantitative estimate of drug-likeness (QED) is 0.573. The van der Waals surface area contributed by atoms with E-state index in [9.17, 15) is 5.11 Å². The predicted octanol–water partition coefficient (Wildman–Crippen LogP) is 1.71. The molecule has 14 heavy (non-hydrogen) atoms. The van der Waals surface area contributed by atoms with E-state index in [1.165, 1.54) is 25.9 Å². The minimum atomic E-state index is -0.0157. The molecule has 1 N–H and O–H groups in total. The second-order valence-corrected chi connectivity index (χ2v) is 5.10. The zero-order valence-electron chi connectivity index (χ0n) is 8.66. The van der Waals surface area contributed by atoms with Gasteiger partial charge in [-0.15, -0.1) is 11.6 Å². The third-order valence-corrected chi connectivity index (χ3v) is 4.02. The standard InChI is InChI=1S/C11H20ClNO/c12-5-1-2-6-13-7-9-3-4-11(14)10(9)8-13/h9-11,14H,1-8H2. The van der Waals surface area contributed by atoms with Crippen molar-refractivity contribution in [3.05, 3.63) is 0 Å². The van der Waals surface area contributed by atoms with E-state index in [4.69, 9.17) is 11.6 Å². The molecule has 0 radical (unpaired) electrons. The maximum absolute atomic E-state index is 9.74. The van der Waals surface area contributed by atoms with E-state index in [1.807, 2.05) is 0 Å². The molecule has 82 valence electrons. The van der Waals surface area contributed by atoms with Crippen molar-refractivity contribution in [2.75, 3.05) is 25.5 Å². The van der Waals surface area contributed by atoms with Gasteiger partial charge >= 0.3 is 0 Å². The highest BCUT2D eigenvalue weighted by molar-refractivity contribution is 6.17. The summed E-state index contributed by atoms with van der Waals surface area (Å²) in [4.78, 5) is 2.50. The van der Waals surface area contributed by atoms with E-state index >= 15 is 0 Å². The van der Waals surface area contributed by atoms with Crippen molar-refractivity contribution >= 4 is 11.6 Å². The molecule has 0 bridgehead atoms. The lowest BCUT2D eigenvalue weighted by Crippen LogP contribution is -2.25. The largest absolute Gasteiger partial charge is 0.393 e. The Kier molecular flexibility index (Phi) is 3.69. The molecule has 2 nitrogen and oxygen atoms in total. The van der Waals surface area contributed by atoms with Crippen LogP contribution in [-0.2, 0) is 0 Å². The fraction of sp³-hybridized carbons (Fsp3) is 1.00. The molecule has 2 aliphatic rings. The summed E-state index contributed by atoms with van der Waals surface area (Å²) >= 11 is 5.65. The van der Waals surface area contributed by atoms with Gasteiger partial charge in [0.05, 0.1) is 6.10 Å². The molecule has 2 fully saturated rings. The van der Waals surface area contributed by atoms with Crippen LogP contribution in [0.15, 0.2) is 0 Å². The van der Waals surface area contributed by atoms with Gasteiger partial charge in [0.15, 0.2) is 0 Å². The molecule has 0 aromatic rings. The maximum atomic E-state index is 9.74. The first kappa shape index (κ1) is 10.7. The van der Waals surface area contributed by atoms with Gasteiger partial charge in [-0.05, 0) is 38.1 Å². The number of fused-ring (bicyclic) bond motifs is 1. The maximum Gasteiger partial charge on any atom is 0.0583 e. The summed E-state index contributed by atoms with van der Waals surface area (Å²) in [6.07, 6.45) is 4.58. The molecule has 1 saturated heterocycles. The van der Waals surface area contributed by atoms with Gasteiger partial charge in [-0.2, -0.15) is 0 Å². The first-order valence-electron chi connectivity index (χ1n) is 5.77. The fourth-order valence-corrected chi connectivity index (χ4v) is 3.13. The van der Waals surface area contributed by atoms with Crippen molar-refractivity contribution in [1.82, 2.24) is 4.90 Å². The van der Waals surface area contributed by atoms with Gasteiger partial charge < -0.3 is 10.0 Å². The monoisotopic (exact) mass is 217 g/mol. The lowest BCUT2D eigenvalue weighted by molar-refractivity contribution is 0.124. The van der Waals surface area contributed by atoms with E-state index < -0.39 is 0 Å². The normalized spacial score (nSPS) is 37.7. The summed E-state index contributed by atoms with van der Waals surface area (Å²) in [7, 11) is 0. The molecule has 1 heterocycles. The van der Waals surface area contributed by atoms with Gasteiger partial charge in [0.1, 0.15) is 0 Å². The number of nitrogens with zero attached hydrogens (tertiary/aromatic N) is 1. The Labute approximate surface area is 91.2 Å². The Morgan fingerprint density at radius 1 is 1.21 bits per heavy atom. The second kappa shape index (κ2) is 4.82. The van der Waals surface area contributed by atoms with Gasteiger partial charge in [0, 0.05) is 24.9 Å². The Morgan fingerprint density at radius 3 is 2.79 bits per heavy atom. The fourth-order valence-electron chi connectivity index (χ4n) is 2.94. The molecule has 1 saturated carbocycles. The van der Waals surface area contributed by atoms with Crippen LogP contribution in [0.4, 0.5) is 0 Å². The first-order chi connectivity index (χ1) is 6.81. The summed E-state index contributed by atoms with van der Waals surface area (Å²) in [6.45, 7) is 3.50. The Bertz CT molecular complexity index is 188. The van der Waals surface area contributed by atoms with Gasteiger partial charge in [0.2, 0.25) is 0 Å². The smallest absolute Gasteiger partial charge is 0.0583 e. The molecule has 2 rings (SSSR count). The molecule has 0 aromatic heterocycles. The van der Waals surface area contributed by atoms with Gasteiger partial charge in [-0.3, -0.25) is 0 Å². The van der Waals surface area contributed by atoms with Crippen LogP contribution >= 0.6 is 11.6 Å². The zero-order chi connectivity index (χ0) is 9.97. The summed E-state index contributed by atoms with van der Waals surface area (Å²) in [5.41, 5.74) is 0. The number of likely N-dealkylation sites (tertiary alicyclic amines) is 1. The lowest BCUT2D eigenvalue weighted by atomic mass is 10.00. The number of alkyl halides is 1. The summed E-state index contributed by atoms with van der Waals surface area (Å²) in [6, 6.07) is 0. The van der Waals surface area contributed by atoms with Crippen LogP contribution in [0.5, 0.6) is 0 Å². The van der Waals surface area contributed by atoms with Crippen LogP contribution in [0.2, 0.25) is 0 Å². The van der Waals surface area contributed by atoms with Gasteiger partial charge in [0.25, 0.3) is 0 Å². The average Bonchev–Trinajstić information content (AvgIpc) is 2.70. The number of hydrogen-bond donors (Lipinski definition) is 1. The average molecular weight is 218 g/mol. The van der Waals surface area contributed by atoms with Crippen molar-refractivity contribution in [1.29, 1.82) is 0 Å². The number of hydrogen-bond acceptors (Lipinski definition) is 2. The highest BCUT2D eigenvalue weighted by atomic mass is 35.5. The highest BCUT2D eigenvalue weighted by Crippen LogP contribution is 2.37. The van der Waals surface area contributed by atoms with E-state index in [0.29, 0.717) is 5.92 Å². The predicted molar refractivity (Wildman–Crippen MR) is 58.6 cm³/mol. The molecule has 3 atom stereocenters. The number of aliphatic hydroxyl groups is 1. The molecule has 3 heteroatoms. The van der Waals surface area contributed by atoms with Gasteiger partial charge in [-0.1, -0.05) is 0 Å². The Morgan fingerprint density at radius 2 is 2.07 bits per heavy atom. The van der Waals surface area contributed by atoms with Crippen LogP contribution in [0.25, 0.3) is 0 Å². The molecule has 0 spiro atoms. The Hall–Kier alpha value is 0.210. The van der Waals surface area contributed by atoms with Crippen molar-refractivity contribution in [2.24, 2.45) is 11.8 Å². The third kappa shape index (κ3) is 2.23. The van der Waals surface area contributed by atoms with Crippen LogP contribution in [0, 0.1) is 11.8 Å². The molecule has 1 aliphatic carbocycles. The molecule has 0 aromatic carbocycles. The van der Waals surface area contributed by atoms with Crippen molar-refractivity contribution in [3.63, 3.8) is 0 Å². The summed E-state index contributed by atoms with van der Waals surface area (Å²) in [5, 5.41) is 9.74. The lowest BCUT2D eigenvalue weighted by Gasteiger charge is -2.17. The third-order valence-electron chi connectivity index (χ3n) is 3.75. The number of halogens is 1. The number of unbranched alkanes of at least 4 members (excludes halogenated alkanes) is 1. The van der Waals surface area contributed by atoms with Crippen LogP contribution in [0.1, 0.15) is 25.7 Å². The topological polar surface area (TPSA) is 23.5 Å². The van der Waals surface area contributed by atoms with Crippen molar-refractivity contribution < 1.29 is 5.11 Å². The van der Waals surface area contributed by atoms with E-state index in [1.54, 1.807) is 0 Å². The molecule has 0 amide bonds. The van der Waals surface area contributed by atoms with Crippen molar-refractivity contribution in [3.8, 4) is 0 Å². The van der Waals surface area contributed by atoms with Crippen LogP contribution in [0.3, 0.4) is 0 Å². The van der Waals surface area contributed by atoms with E-state index in [2.05, 4.69) is 4.90 Å². The Balaban J connectivity index is 1.72. The highest BCUT2D eigenvalue weighted by Gasteiger charge is 2.41. The SMILES string of the molecule is OC1CCC2CN(CCCCCl)CC12. The van der Waals surface area contributed by atoms with Crippen LogP contribution < -0.4 is 0 Å². The number of aliphatic hydroxyl groups excluding tert-OH is 1. The van der Waals surface area contributed by atoms with E-state index in [-0.39, 0.29) is 6.10 Å². The second-order valence-electron chi connectivity index (χ2n) is 4.72. The first-order valence-corrected chi connectivity index (χ1v) is 6.31. The van der Waals surface area contributed by atoms with E-state index in [0.717, 1.165) is 31.2 Å². The minimum Gasteiger partial charge on any atom is -0.393 e.